The number of amides is 1. The van der Waals surface area contributed by atoms with Crippen molar-refractivity contribution >= 4 is 5.91 Å². The fraction of sp³-hybridized carbons (Fsp3) is 0.562. The van der Waals surface area contributed by atoms with Gasteiger partial charge in [0.05, 0.1) is 7.11 Å². The molecule has 2 atom stereocenters. The molecule has 0 aromatic heterocycles. The Kier molecular flexibility index (Phi) is 5.01. The van der Waals surface area contributed by atoms with Crippen molar-refractivity contribution in [3.63, 3.8) is 0 Å². The van der Waals surface area contributed by atoms with Gasteiger partial charge in [-0.05, 0) is 37.0 Å². The van der Waals surface area contributed by atoms with Crippen LogP contribution >= 0.6 is 0 Å². The molecule has 0 radical (unpaired) electrons. The first kappa shape index (κ1) is 14.9. The highest BCUT2D eigenvalue weighted by Gasteiger charge is 2.27. The first-order valence-corrected chi connectivity index (χ1v) is 7.23. The van der Waals surface area contributed by atoms with Crippen molar-refractivity contribution < 1.29 is 9.53 Å². The van der Waals surface area contributed by atoms with Crippen LogP contribution < -0.4 is 10.5 Å². The number of methoxy groups -OCH3 is 1. The zero-order valence-electron chi connectivity index (χ0n) is 12.3. The lowest BCUT2D eigenvalue weighted by Gasteiger charge is -2.29. The molecule has 1 aliphatic carbocycles. The van der Waals surface area contributed by atoms with E-state index in [0.717, 1.165) is 37.0 Å². The van der Waals surface area contributed by atoms with Crippen LogP contribution in [0, 0.1) is 5.92 Å². The quantitative estimate of drug-likeness (QED) is 0.917. The summed E-state index contributed by atoms with van der Waals surface area (Å²) in [5.41, 5.74) is 7.08. The highest BCUT2D eigenvalue weighted by atomic mass is 16.5. The Hall–Kier alpha value is -1.55. The molecule has 0 spiro atoms. The highest BCUT2D eigenvalue weighted by molar-refractivity contribution is 5.78. The summed E-state index contributed by atoms with van der Waals surface area (Å²) in [4.78, 5) is 14.2. The summed E-state index contributed by atoms with van der Waals surface area (Å²) in [7, 11) is 3.52. The number of carbonyl (C=O) groups excluding carboxylic acids is 1. The smallest absolute Gasteiger partial charge is 0.225 e. The number of benzene rings is 1. The molecule has 2 unspecified atom stereocenters. The first-order valence-electron chi connectivity index (χ1n) is 7.23. The molecular weight excluding hydrogens is 252 g/mol. The van der Waals surface area contributed by atoms with Crippen molar-refractivity contribution in [2.75, 3.05) is 14.2 Å². The zero-order valence-corrected chi connectivity index (χ0v) is 12.3. The Bertz CT molecular complexity index is 444. The van der Waals surface area contributed by atoms with E-state index in [9.17, 15) is 4.79 Å². The lowest BCUT2D eigenvalue weighted by molar-refractivity contribution is -0.135. The summed E-state index contributed by atoms with van der Waals surface area (Å²) in [5.74, 6) is 1.15. The molecule has 0 aliphatic heterocycles. The van der Waals surface area contributed by atoms with Crippen molar-refractivity contribution in [2.45, 2.75) is 38.3 Å². The van der Waals surface area contributed by atoms with E-state index in [-0.39, 0.29) is 17.9 Å². The predicted molar refractivity (Wildman–Crippen MR) is 79.4 cm³/mol. The molecule has 1 aromatic rings. The Morgan fingerprint density at radius 3 is 2.65 bits per heavy atom. The van der Waals surface area contributed by atoms with Crippen LogP contribution in [0.25, 0.3) is 0 Å². The monoisotopic (exact) mass is 276 g/mol. The number of rotatable bonds is 4. The van der Waals surface area contributed by atoms with E-state index in [1.807, 2.05) is 36.2 Å². The molecular formula is C16H24N2O2. The van der Waals surface area contributed by atoms with Crippen molar-refractivity contribution in [1.82, 2.24) is 4.90 Å². The predicted octanol–water partition coefficient (Wildman–Crippen LogP) is 2.17. The molecule has 1 saturated carbocycles. The third-order valence-corrected chi connectivity index (χ3v) is 4.02. The van der Waals surface area contributed by atoms with Crippen LogP contribution in [-0.2, 0) is 11.3 Å². The average Bonchev–Trinajstić information content (AvgIpc) is 2.47. The number of nitrogens with zero attached hydrogens (tertiary/aromatic N) is 1. The number of hydrogen-bond acceptors (Lipinski definition) is 3. The zero-order chi connectivity index (χ0) is 14.5. The summed E-state index contributed by atoms with van der Waals surface area (Å²) in [6, 6.07) is 8.02. The van der Waals surface area contributed by atoms with Crippen LogP contribution in [0.5, 0.6) is 5.75 Å². The van der Waals surface area contributed by atoms with Crippen molar-refractivity contribution in [2.24, 2.45) is 11.7 Å². The normalized spacial score (nSPS) is 22.4. The molecule has 4 heteroatoms. The Labute approximate surface area is 120 Å². The number of carbonyl (C=O) groups is 1. The lowest BCUT2D eigenvalue weighted by atomic mass is 9.85. The Morgan fingerprint density at radius 2 is 2.05 bits per heavy atom. The van der Waals surface area contributed by atoms with E-state index in [4.69, 9.17) is 10.5 Å². The maximum absolute atomic E-state index is 12.4. The maximum Gasteiger partial charge on any atom is 0.225 e. The van der Waals surface area contributed by atoms with Gasteiger partial charge >= 0.3 is 0 Å². The van der Waals surface area contributed by atoms with Gasteiger partial charge in [-0.3, -0.25) is 4.79 Å². The molecule has 0 heterocycles. The number of hydrogen-bond donors (Lipinski definition) is 1. The molecule has 1 aromatic carbocycles. The number of nitrogens with two attached hydrogens (primary N) is 1. The summed E-state index contributed by atoms with van der Waals surface area (Å²) < 4.78 is 5.13. The highest BCUT2D eigenvalue weighted by Crippen LogP contribution is 2.25. The third kappa shape index (κ3) is 3.73. The minimum Gasteiger partial charge on any atom is -0.497 e. The Balaban J connectivity index is 1.92. The van der Waals surface area contributed by atoms with Crippen LogP contribution in [0.4, 0.5) is 0 Å². The van der Waals surface area contributed by atoms with Crippen LogP contribution in [0.15, 0.2) is 24.3 Å². The largest absolute Gasteiger partial charge is 0.497 e. The summed E-state index contributed by atoms with van der Waals surface area (Å²) in [6.07, 6.45) is 3.91. The minimum absolute atomic E-state index is 0.0991. The average molecular weight is 276 g/mol. The molecule has 110 valence electrons. The van der Waals surface area contributed by atoms with E-state index in [2.05, 4.69) is 0 Å². The van der Waals surface area contributed by atoms with E-state index in [1.54, 1.807) is 7.11 Å². The van der Waals surface area contributed by atoms with Gasteiger partial charge in [0.2, 0.25) is 5.91 Å². The van der Waals surface area contributed by atoms with E-state index >= 15 is 0 Å². The number of ether oxygens (including phenoxy) is 1. The van der Waals surface area contributed by atoms with E-state index < -0.39 is 0 Å². The van der Waals surface area contributed by atoms with Gasteiger partial charge in [0.25, 0.3) is 0 Å². The molecule has 1 amide bonds. The molecule has 2 N–H and O–H groups in total. The van der Waals surface area contributed by atoms with Crippen molar-refractivity contribution in [1.29, 1.82) is 0 Å². The summed E-state index contributed by atoms with van der Waals surface area (Å²) in [6.45, 7) is 0.633. The molecule has 0 saturated heterocycles. The first-order chi connectivity index (χ1) is 9.60. The van der Waals surface area contributed by atoms with Crippen LogP contribution in [0.1, 0.15) is 31.2 Å². The Morgan fingerprint density at radius 1 is 1.35 bits per heavy atom. The van der Waals surface area contributed by atoms with Gasteiger partial charge in [-0.15, -0.1) is 0 Å². The van der Waals surface area contributed by atoms with Gasteiger partial charge in [-0.1, -0.05) is 18.6 Å². The van der Waals surface area contributed by atoms with Gasteiger partial charge in [-0.25, -0.2) is 0 Å². The van der Waals surface area contributed by atoms with E-state index in [0.29, 0.717) is 6.54 Å². The minimum atomic E-state index is 0.0991. The van der Waals surface area contributed by atoms with Crippen molar-refractivity contribution in [3.8, 4) is 5.75 Å². The SMILES string of the molecule is COc1ccc(CN(C)C(=O)C2CCCC(N)C2)cc1. The van der Waals surface area contributed by atoms with Gasteiger partial charge < -0.3 is 15.4 Å². The second-order valence-corrected chi connectivity index (χ2v) is 5.67. The molecule has 1 aliphatic rings. The van der Waals surface area contributed by atoms with Crippen LogP contribution in [0.3, 0.4) is 0 Å². The van der Waals surface area contributed by atoms with Crippen LogP contribution in [-0.4, -0.2) is 31.0 Å². The van der Waals surface area contributed by atoms with Gasteiger partial charge in [0.15, 0.2) is 0 Å². The molecule has 20 heavy (non-hydrogen) atoms. The van der Waals surface area contributed by atoms with Crippen molar-refractivity contribution in [3.05, 3.63) is 29.8 Å². The van der Waals surface area contributed by atoms with Gasteiger partial charge in [0.1, 0.15) is 5.75 Å². The standard InChI is InChI=1S/C16H24N2O2/c1-18(11-12-6-8-15(20-2)9-7-12)16(19)13-4-3-5-14(17)10-13/h6-9,13-14H,3-5,10-11,17H2,1-2H3. The fourth-order valence-corrected chi connectivity index (χ4v) is 2.85. The lowest BCUT2D eigenvalue weighted by Crippen LogP contribution is -2.38. The second-order valence-electron chi connectivity index (χ2n) is 5.67. The second kappa shape index (κ2) is 6.75. The maximum atomic E-state index is 12.4. The van der Waals surface area contributed by atoms with Gasteiger partial charge in [-0.2, -0.15) is 0 Å². The topological polar surface area (TPSA) is 55.6 Å². The molecule has 0 bridgehead atoms. The summed E-state index contributed by atoms with van der Waals surface area (Å²) >= 11 is 0. The molecule has 1 fully saturated rings. The third-order valence-electron chi connectivity index (χ3n) is 4.02. The molecule has 4 nitrogen and oxygen atoms in total. The van der Waals surface area contributed by atoms with E-state index in [1.165, 1.54) is 0 Å². The van der Waals surface area contributed by atoms with Crippen LogP contribution in [0.2, 0.25) is 0 Å². The fourth-order valence-electron chi connectivity index (χ4n) is 2.85. The molecule has 2 rings (SSSR count). The summed E-state index contributed by atoms with van der Waals surface area (Å²) in [5, 5.41) is 0. The van der Waals surface area contributed by atoms with Gasteiger partial charge in [0, 0.05) is 25.6 Å².